The second-order valence-corrected chi connectivity index (χ2v) is 5.21. The van der Waals surface area contributed by atoms with E-state index in [-0.39, 0.29) is 12.4 Å². The second-order valence-electron chi connectivity index (χ2n) is 4.77. The molecule has 0 aliphatic carbocycles. The van der Waals surface area contributed by atoms with E-state index < -0.39 is 0 Å². The van der Waals surface area contributed by atoms with Crippen molar-refractivity contribution in [3.05, 3.63) is 29.3 Å². The first-order valence-corrected chi connectivity index (χ1v) is 7.19. The average molecular weight is 320 g/mol. The number of hydrogen-bond donors (Lipinski definition) is 1. The number of ether oxygens (including phenoxy) is 1. The van der Waals surface area contributed by atoms with E-state index >= 15 is 0 Å². The fourth-order valence-electron chi connectivity index (χ4n) is 2.24. The molecule has 1 aromatic rings. The van der Waals surface area contributed by atoms with Crippen LogP contribution in [-0.2, 0) is 0 Å². The van der Waals surface area contributed by atoms with Crippen molar-refractivity contribution in [1.82, 2.24) is 9.80 Å². The molecule has 0 spiro atoms. The summed E-state index contributed by atoms with van der Waals surface area (Å²) in [5.41, 5.74) is 5.56. The summed E-state index contributed by atoms with van der Waals surface area (Å²) in [5, 5.41) is 0.739. The highest BCUT2D eigenvalue weighted by Crippen LogP contribution is 2.15. The number of piperazine rings is 1. The van der Waals surface area contributed by atoms with Crippen LogP contribution in [-0.4, -0.2) is 62.2 Å². The van der Waals surface area contributed by atoms with Gasteiger partial charge in [-0.1, -0.05) is 11.6 Å². The summed E-state index contributed by atoms with van der Waals surface area (Å²) in [6.07, 6.45) is 0. The quantitative estimate of drug-likeness (QED) is 0.867. The van der Waals surface area contributed by atoms with E-state index in [1.54, 1.807) is 0 Å². The van der Waals surface area contributed by atoms with Gasteiger partial charge in [-0.05, 0) is 24.3 Å². The van der Waals surface area contributed by atoms with Crippen molar-refractivity contribution in [3.63, 3.8) is 0 Å². The molecule has 1 saturated heterocycles. The second kappa shape index (κ2) is 9.42. The van der Waals surface area contributed by atoms with E-state index in [0.29, 0.717) is 0 Å². The van der Waals surface area contributed by atoms with E-state index in [4.69, 9.17) is 22.1 Å². The van der Waals surface area contributed by atoms with Crippen LogP contribution in [0.5, 0.6) is 5.75 Å². The molecule has 1 heterocycles. The average Bonchev–Trinajstić information content (AvgIpc) is 2.43. The Kier molecular flexibility index (Phi) is 8.26. The number of hydrogen-bond acceptors (Lipinski definition) is 4. The minimum absolute atomic E-state index is 0. The van der Waals surface area contributed by atoms with Crippen molar-refractivity contribution in [2.75, 3.05) is 52.4 Å². The van der Waals surface area contributed by atoms with E-state index in [2.05, 4.69) is 9.80 Å². The number of nitrogens with two attached hydrogens (primary N) is 1. The molecule has 20 heavy (non-hydrogen) atoms. The largest absolute Gasteiger partial charge is 0.492 e. The maximum atomic E-state index is 5.83. The Hall–Kier alpha value is -0.520. The maximum Gasteiger partial charge on any atom is 0.119 e. The summed E-state index contributed by atoms with van der Waals surface area (Å²) in [7, 11) is 0. The molecule has 0 saturated carbocycles. The van der Waals surface area contributed by atoms with E-state index in [9.17, 15) is 0 Å². The van der Waals surface area contributed by atoms with Crippen LogP contribution in [0.3, 0.4) is 0 Å². The molecular formula is C14H23Cl2N3O. The van der Waals surface area contributed by atoms with E-state index in [1.165, 1.54) is 0 Å². The first-order chi connectivity index (χ1) is 9.28. The Morgan fingerprint density at radius 2 is 1.55 bits per heavy atom. The van der Waals surface area contributed by atoms with Gasteiger partial charge in [-0.2, -0.15) is 0 Å². The molecule has 1 aliphatic heterocycles. The number of rotatable bonds is 6. The summed E-state index contributed by atoms with van der Waals surface area (Å²) in [5.74, 6) is 0.881. The molecular weight excluding hydrogens is 297 g/mol. The van der Waals surface area contributed by atoms with Crippen LogP contribution in [0.2, 0.25) is 5.02 Å². The maximum absolute atomic E-state index is 5.83. The zero-order chi connectivity index (χ0) is 13.5. The van der Waals surface area contributed by atoms with Crippen molar-refractivity contribution >= 4 is 24.0 Å². The summed E-state index contributed by atoms with van der Waals surface area (Å²) >= 11 is 5.83. The van der Waals surface area contributed by atoms with Gasteiger partial charge in [0.2, 0.25) is 0 Å². The minimum atomic E-state index is 0. The van der Waals surface area contributed by atoms with Crippen LogP contribution < -0.4 is 10.5 Å². The lowest BCUT2D eigenvalue weighted by molar-refractivity contribution is 0.119. The monoisotopic (exact) mass is 319 g/mol. The predicted octanol–water partition coefficient (Wildman–Crippen LogP) is 1.72. The first kappa shape index (κ1) is 17.5. The molecule has 0 bridgehead atoms. The van der Waals surface area contributed by atoms with Crippen molar-refractivity contribution < 1.29 is 4.74 Å². The molecule has 1 aromatic carbocycles. The normalized spacial score (nSPS) is 16.7. The third-order valence-corrected chi connectivity index (χ3v) is 3.65. The molecule has 114 valence electrons. The zero-order valence-electron chi connectivity index (χ0n) is 11.6. The number of nitrogens with zero attached hydrogens (tertiary/aromatic N) is 2. The highest BCUT2D eigenvalue weighted by molar-refractivity contribution is 6.30. The first-order valence-electron chi connectivity index (χ1n) is 6.81. The van der Waals surface area contributed by atoms with Crippen LogP contribution in [0, 0.1) is 0 Å². The molecule has 0 atom stereocenters. The van der Waals surface area contributed by atoms with Gasteiger partial charge in [-0.15, -0.1) is 12.4 Å². The Balaban J connectivity index is 0.00000200. The van der Waals surface area contributed by atoms with Crippen LogP contribution in [0.15, 0.2) is 24.3 Å². The fraction of sp³-hybridized carbons (Fsp3) is 0.571. The van der Waals surface area contributed by atoms with Crippen LogP contribution >= 0.6 is 24.0 Å². The summed E-state index contributed by atoms with van der Waals surface area (Å²) < 4.78 is 5.70. The fourth-order valence-corrected chi connectivity index (χ4v) is 2.37. The smallest absolute Gasteiger partial charge is 0.119 e. The Morgan fingerprint density at radius 3 is 2.10 bits per heavy atom. The van der Waals surface area contributed by atoms with Crippen molar-refractivity contribution in [3.8, 4) is 5.75 Å². The highest BCUT2D eigenvalue weighted by atomic mass is 35.5. The van der Waals surface area contributed by atoms with Gasteiger partial charge in [0.15, 0.2) is 0 Å². The summed E-state index contributed by atoms with van der Waals surface area (Å²) in [4.78, 5) is 4.85. The summed E-state index contributed by atoms with van der Waals surface area (Å²) in [6.45, 7) is 7.87. The molecule has 1 fully saturated rings. The molecule has 1 aliphatic rings. The van der Waals surface area contributed by atoms with Gasteiger partial charge in [-0.3, -0.25) is 9.80 Å². The molecule has 2 N–H and O–H groups in total. The SMILES string of the molecule is Cl.NCCN1CCN(CCOc2ccc(Cl)cc2)CC1. The number of halogens is 2. The van der Waals surface area contributed by atoms with Crippen LogP contribution in [0.1, 0.15) is 0 Å². The molecule has 2 rings (SSSR count). The zero-order valence-corrected chi connectivity index (χ0v) is 13.2. The Morgan fingerprint density at radius 1 is 1.00 bits per heavy atom. The molecule has 6 heteroatoms. The number of benzene rings is 1. The molecule has 0 unspecified atom stereocenters. The molecule has 4 nitrogen and oxygen atoms in total. The van der Waals surface area contributed by atoms with Crippen molar-refractivity contribution in [2.45, 2.75) is 0 Å². The van der Waals surface area contributed by atoms with Crippen LogP contribution in [0.4, 0.5) is 0 Å². The van der Waals surface area contributed by atoms with Gasteiger partial charge in [-0.25, -0.2) is 0 Å². The minimum Gasteiger partial charge on any atom is -0.492 e. The highest BCUT2D eigenvalue weighted by Gasteiger charge is 2.15. The van der Waals surface area contributed by atoms with Crippen LogP contribution in [0.25, 0.3) is 0 Å². The Bertz CT molecular complexity index is 367. The van der Waals surface area contributed by atoms with E-state index in [0.717, 1.165) is 63.2 Å². The lowest BCUT2D eigenvalue weighted by Gasteiger charge is -2.34. The lowest BCUT2D eigenvalue weighted by Crippen LogP contribution is -2.48. The third-order valence-electron chi connectivity index (χ3n) is 3.40. The summed E-state index contributed by atoms with van der Waals surface area (Å²) in [6, 6.07) is 7.51. The topological polar surface area (TPSA) is 41.7 Å². The third kappa shape index (κ3) is 5.85. The van der Waals surface area contributed by atoms with Gasteiger partial charge < -0.3 is 10.5 Å². The Labute approximate surface area is 132 Å². The van der Waals surface area contributed by atoms with Gasteiger partial charge >= 0.3 is 0 Å². The van der Waals surface area contributed by atoms with Crippen molar-refractivity contribution in [2.24, 2.45) is 5.73 Å². The van der Waals surface area contributed by atoms with Gasteiger partial charge in [0.05, 0.1) is 0 Å². The molecule has 0 aromatic heterocycles. The predicted molar refractivity (Wildman–Crippen MR) is 86.1 cm³/mol. The lowest BCUT2D eigenvalue weighted by atomic mass is 10.3. The van der Waals surface area contributed by atoms with Gasteiger partial charge in [0, 0.05) is 50.8 Å². The molecule has 0 radical (unpaired) electrons. The van der Waals surface area contributed by atoms with E-state index in [1.807, 2.05) is 24.3 Å². The van der Waals surface area contributed by atoms with Gasteiger partial charge in [0.25, 0.3) is 0 Å². The standard InChI is InChI=1S/C14H22ClN3O.ClH/c15-13-1-3-14(4-2-13)19-12-11-18-9-7-17(6-5-16)8-10-18;/h1-4H,5-12,16H2;1H. The molecule has 0 amide bonds. The van der Waals surface area contributed by atoms with Gasteiger partial charge in [0.1, 0.15) is 12.4 Å². The van der Waals surface area contributed by atoms with Crippen molar-refractivity contribution in [1.29, 1.82) is 0 Å².